The van der Waals surface area contributed by atoms with Crippen LogP contribution in [0.3, 0.4) is 0 Å². The first-order valence-electron chi connectivity index (χ1n) is 9.11. The minimum absolute atomic E-state index is 0.00358. The molecule has 1 N–H and O–H groups in total. The normalized spacial score (nSPS) is 13.3. The number of hydrogen-bond donors (Lipinski definition) is 1. The smallest absolute Gasteiger partial charge is 0.251 e. The molecule has 4 rings (SSSR count). The molecule has 2 amide bonds. The molecule has 2 heterocycles. The Hall–Kier alpha value is -3.45. The molecule has 0 bridgehead atoms. The maximum Gasteiger partial charge on any atom is 0.251 e. The summed E-state index contributed by atoms with van der Waals surface area (Å²) >= 11 is 1.59. The number of carbonyl (C=O) groups excluding carboxylic acids is 2. The molecule has 146 valence electrons. The van der Waals surface area contributed by atoms with Crippen molar-refractivity contribution in [3.63, 3.8) is 0 Å². The predicted molar refractivity (Wildman–Crippen MR) is 114 cm³/mol. The third-order valence-corrected chi connectivity index (χ3v) is 5.19. The number of benzene rings is 2. The summed E-state index contributed by atoms with van der Waals surface area (Å²) in [5.41, 5.74) is 3.06. The van der Waals surface area contributed by atoms with E-state index in [0.29, 0.717) is 23.7 Å². The zero-order chi connectivity index (χ0) is 20.2. The van der Waals surface area contributed by atoms with Crippen LogP contribution in [0.5, 0.6) is 5.75 Å². The Bertz CT molecular complexity index is 1090. The van der Waals surface area contributed by atoms with Crippen molar-refractivity contribution < 1.29 is 14.3 Å². The van der Waals surface area contributed by atoms with Crippen LogP contribution in [0.1, 0.15) is 16.3 Å². The van der Waals surface area contributed by atoms with E-state index in [1.54, 1.807) is 23.5 Å². The molecule has 0 aliphatic carbocycles. The van der Waals surface area contributed by atoms with Crippen molar-refractivity contribution in [2.75, 3.05) is 16.8 Å². The second kappa shape index (κ2) is 8.28. The second-order valence-electron chi connectivity index (χ2n) is 6.54. The van der Waals surface area contributed by atoms with E-state index in [1.165, 1.54) is 11.0 Å². The van der Waals surface area contributed by atoms with Crippen LogP contribution in [0.25, 0.3) is 6.08 Å². The number of ether oxygens (including phenoxy) is 1. The monoisotopic (exact) mass is 405 g/mol. The molecule has 0 spiro atoms. The van der Waals surface area contributed by atoms with Gasteiger partial charge in [-0.25, -0.2) is 4.98 Å². The maximum atomic E-state index is 12.7. The molecule has 7 heteroatoms. The lowest BCUT2D eigenvalue weighted by atomic mass is 10.1. The molecular weight excluding hydrogens is 386 g/mol. The van der Waals surface area contributed by atoms with Crippen molar-refractivity contribution in [3.05, 3.63) is 76.3 Å². The first-order valence-corrected chi connectivity index (χ1v) is 9.99. The van der Waals surface area contributed by atoms with Crippen molar-refractivity contribution in [3.8, 4) is 5.75 Å². The number of para-hydroxylation sites is 2. The van der Waals surface area contributed by atoms with Crippen LogP contribution in [0.4, 0.5) is 11.4 Å². The summed E-state index contributed by atoms with van der Waals surface area (Å²) < 4.78 is 5.79. The van der Waals surface area contributed by atoms with Gasteiger partial charge in [0, 0.05) is 11.5 Å². The Morgan fingerprint density at radius 2 is 2.14 bits per heavy atom. The largest absolute Gasteiger partial charge is 0.487 e. The topological polar surface area (TPSA) is 71.5 Å². The van der Waals surface area contributed by atoms with Gasteiger partial charge in [0.25, 0.3) is 5.91 Å². The third kappa shape index (κ3) is 4.52. The van der Waals surface area contributed by atoms with Crippen LogP contribution in [-0.2, 0) is 16.2 Å². The van der Waals surface area contributed by atoms with E-state index in [4.69, 9.17) is 4.74 Å². The molecule has 3 aromatic rings. The number of aryl methyl sites for hydroxylation is 1. The van der Waals surface area contributed by atoms with Crippen molar-refractivity contribution in [2.45, 2.75) is 13.5 Å². The average Bonchev–Trinajstić information content (AvgIpc) is 3.15. The van der Waals surface area contributed by atoms with Gasteiger partial charge in [-0.15, -0.1) is 11.3 Å². The van der Waals surface area contributed by atoms with Crippen LogP contribution in [0.15, 0.2) is 60.0 Å². The first kappa shape index (κ1) is 18.9. The fourth-order valence-electron chi connectivity index (χ4n) is 3.03. The van der Waals surface area contributed by atoms with Crippen molar-refractivity contribution in [1.29, 1.82) is 0 Å². The molecule has 1 aliphatic rings. The number of hydrogen-bond acceptors (Lipinski definition) is 5. The highest BCUT2D eigenvalue weighted by Gasteiger charge is 2.25. The molecule has 1 aromatic heterocycles. The van der Waals surface area contributed by atoms with E-state index in [-0.39, 0.29) is 18.4 Å². The summed E-state index contributed by atoms with van der Waals surface area (Å²) in [5, 5.41) is 5.76. The molecule has 1 aliphatic heterocycles. The predicted octanol–water partition coefficient (Wildman–Crippen LogP) is 4.03. The highest BCUT2D eigenvalue weighted by atomic mass is 32.1. The minimum Gasteiger partial charge on any atom is -0.487 e. The van der Waals surface area contributed by atoms with E-state index in [0.717, 1.165) is 16.3 Å². The number of aromatic nitrogens is 1. The lowest BCUT2D eigenvalue weighted by Crippen LogP contribution is -2.41. The highest BCUT2D eigenvalue weighted by Crippen LogP contribution is 2.29. The van der Waals surface area contributed by atoms with Gasteiger partial charge in [-0.3, -0.25) is 14.5 Å². The quantitative estimate of drug-likeness (QED) is 0.651. The van der Waals surface area contributed by atoms with Gasteiger partial charge in [-0.2, -0.15) is 0 Å². The molecular formula is C22H19N3O3S. The molecule has 0 radical (unpaired) electrons. The van der Waals surface area contributed by atoms with Crippen molar-refractivity contribution >= 4 is 40.6 Å². The van der Waals surface area contributed by atoms with Gasteiger partial charge in [-0.05, 0) is 42.8 Å². The van der Waals surface area contributed by atoms with Crippen LogP contribution < -0.4 is 15.0 Å². The summed E-state index contributed by atoms with van der Waals surface area (Å²) in [5.74, 6) is 0.239. The zero-order valence-electron chi connectivity index (χ0n) is 15.8. The van der Waals surface area contributed by atoms with Gasteiger partial charge >= 0.3 is 0 Å². The van der Waals surface area contributed by atoms with Gasteiger partial charge in [0.05, 0.1) is 22.1 Å². The number of anilines is 2. The molecule has 2 aromatic carbocycles. The number of nitrogens with one attached hydrogen (secondary N) is 1. The molecule has 29 heavy (non-hydrogen) atoms. The lowest BCUT2D eigenvalue weighted by Gasteiger charge is -2.28. The standard InChI is InChI=1S/C22H19N3O3S/c1-15-23-17(14-29-15)13-28-18-6-4-5-16(11-18)9-10-22(27)25-12-21(26)24-19-7-2-3-8-20(19)25/h2-11,14H,12-13H2,1H3,(H,24,26)/b10-9+. The minimum atomic E-state index is -0.253. The number of rotatable bonds is 5. The zero-order valence-corrected chi connectivity index (χ0v) is 16.6. The van der Waals surface area contributed by atoms with Gasteiger partial charge in [0.15, 0.2) is 0 Å². The van der Waals surface area contributed by atoms with Crippen LogP contribution in [-0.4, -0.2) is 23.3 Å². The van der Waals surface area contributed by atoms with E-state index in [2.05, 4.69) is 10.3 Å². The molecule has 0 saturated heterocycles. The van der Waals surface area contributed by atoms with E-state index < -0.39 is 0 Å². The second-order valence-corrected chi connectivity index (χ2v) is 7.60. The van der Waals surface area contributed by atoms with E-state index in [9.17, 15) is 9.59 Å². The molecule has 0 atom stereocenters. The van der Waals surface area contributed by atoms with Crippen LogP contribution >= 0.6 is 11.3 Å². The summed E-state index contributed by atoms with van der Waals surface area (Å²) in [4.78, 5) is 30.4. The van der Waals surface area contributed by atoms with Gasteiger partial charge in [0.2, 0.25) is 5.91 Å². The summed E-state index contributed by atoms with van der Waals surface area (Å²) in [7, 11) is 0. The Morgan fingerprint density at radius 3 is 2.97 bits per heavy atom. The lowest BCUT2D eigenvalue weighted by molar-refractivity contribution is -0.119. The SMILES string of the molecule is Cc1nc(COc2cccc(/C=C/C(=O)N3CC(=O)Nc4ccccc43)c2)cs1. The molecule has 6 nitrogen and oxygen atoms in total. The van der Waals surface area contributed by atoms with Gasteiger partial charge in [-0.1, -0.05) is 24.3 Å². The summed E-state index contributed by atoms with van der Waals surface area (Å²) in [6.45, 7) is 2.35. The van der Waals surface area contributed by atoms with Gasteiger partial charge < -0.3 is 10.1 Å². The molecule has 0 saturated carbocycles. The summed E-state index contributed by atoms with van der Waals surface area (Å²) in [6, 6.07) is 14.7. The van der Waals surface area contributed by atoms with Crippen LogP contribution in [0.2, 0.25) is 0 Å². The number of nitrogens with zero attached hydrogens (tertiary/aromatic N) is 2. The third-order valence-electron chi connectivity index (χ3n) is 4.37. The van der Waals surface area contributed by atoms with Crippen LogP contribution in [0, 0.1) is 6.92 Å². The van der Waals surface area contributed by atoms with E-state index in [1.807, 2.05) is 54.8 Å². The fraction of sp³-hybridized carbons (Fsp3) is 0.136. The number of fused-ring (bicyclic) bond motifs is 1. The van der Waals surface area contributed by atoms with Gasteiger partial charge in [0.1, 0.15) is 18.9 Å². The first-order chi connectivity index (χ1) is 14.1. The molecule has 0 unspecified atom stereocenters. The maximum absolute atomic E-state index is 12.7. The Balaban J connectivity index is 1.45. The Morgan fingerprint density at radius 1 is 1.28 bits per heavy atom. The van der Waals surface area contributed by atoms with Crippen molar-refractivity contribution in [1.82, 2.24) is 4.98 Å². The van der Waals surface area contributed by atoms with E-state index >= 15 is 0 Å². The Labute approximate surface area is 172 Å². The van der Waals surface area contributed by atoms with Crippen molar-refractivity contribution in [2.24, 2.45) is 0 Å². The molecule has 0 fully saturated rings. The summed E-state index contributed by atoms with van der Waals surface area (Å²) in [6.07, 6.45) is 3.19. The average molecular weight is 405 g/mol. The number of amides is 2. The number of carbonyl (C=O) groups is 2. The number of thiazole rings is 1. The fourth-order valence-corrected chi connectivity index (χ4v) is 3.62. The highest BCUT2D eigenvalue weighted by molar-refractivity contribution is 7.09. The Kier molecular flexibility index (Phi) is 5.39.